The average molecular weight is 150 g/mol. The summed E-state index contributed by atoms with van der Waals surface area (Å²) in [6.45, 7) is 0. The Balaban J connectivity index is 2.87. The van der Waals surface area contributed by atoms with Crippen LogP contribution in [0.3, 0.4) is 0 Å². The van der Waals surface area contributed by atoms with E-state index in [1.54, 1.807) is 12.1 Å². The van der Waals surface area contributed by atoms with Gasteiger partial charge < -0.3 is 11.6 Å². The highest BCUT2D eigenvalue weighted by molar-refractivity contribution is 5.71. The first-order chi connectivity index (χ1) is 5.27. The topological polar surface area (TPSA) is 95.6 Å². The second-order valence-corrected chi connectivity index (χ2v) is 2.11. The lowest BCUT2D eigenvalue weighted by Crippen LogP contribution is -2.10. The van der Waals surface area contributed by atoms with Crippen LogP contribution in [-0.4, -0.2) is 20.1 Å². The number of pyridine rings is 1. The van der Waals surface area contributed by atoms with Crippen molar-refractivity contribution in [2.75, 3.05) is 11.6 Å². The number of rotatable bonds is 0. The van der Waals surface area contributed by atoms with E-state index in [1.165, 1.54) is 0 Å². The van der Waals surface area contributed by atoms with Crippen LogP contribution < -0.4 is 11.6 Å². The van der Waals surface area contributed by atoms with E-state index in [4.69, 9.17) is 11.6 Å². The normalized spacial score (nSPS) is 10.5. The molecule has 56 valence electrons. The molecule has 0 fully saturated rings. The van der Waals surface area contributed by atoms with Gasteiger partial charge in [-0.2, -0.15) is 0 Å². The maximum atomic E-state index is 5.42. The van der Waals surface area contributed by atoms with Gasteiger partial charge in [-0.15, -0.1) is 9.89 Å². The summed E-state index contributed by atoms with van der Waals surface area (Å²) in [4.78, 5) is 5.01. The van der Waals surface area contributed by atoms with Gasteiger partial charge in [0.15, 0.2) is 0 Å². The summed E-state index contributed by atoms with van der Waals surface area (Å²) in [6.07, 6.45) is 0. The minimum atomic E-state index is 0.409. The van der Waals surface area contributed by atoms with Crippen LogP contribution in [0.4, 0.5) is 5.82 Å². The van der Waals surface area contributed by atoms with Crippen molar-refractivity contribution in [1.82, 2.24) is 20.1 Å². The first-order valence-corrected chi connectivity index (χ1v) is 3.00. The van der Waals surface area contributed by atoms with Crippen LogP contribution in [0.5, 0.6) is 0 Å². The third-order valence-corrected chi connectivity index (χ3v) is 1.34. The molecule has 0 unspecified atom stereocenters. The number of aromatic nitrogens is 4. The molecule has 4 N–H and O–H groups in total. The molecule has 2 aromatic rings. The van der Waals surface area contributed by atoms with Gasteiger partial charge in [-0.25, -0.2) is 4.98 Å². The van der Waals surface area contributed by atoms with Crippen molar-refractivity contribution in [1.29, 1.82) is 0 Å². The summed E-state index contributed by atoms with van der Waals surface area (Å²) in [6, 6.07) is 3.37. The molecule has 0 saturated heterocycles. The Morgan fingerprint density at radius 1 is 1.36 bits per heavy atom. The number of anilines is 1. The summed E-state index contributed by atoms with van der Waals surface area (Å²) in [5, 5.41) is 7.29. The van der Waals surface area contributed by atoms with Gasteiger partial charge in [-0.3, -0.25) is 0 Å². The summed E-state index contributed by atoms with van der Waals surface area (Å²) < 4.78 is 0. The summed E-state index contributed by atoms with van der Waals surface area (Å²) >= 11 is 0. The fraction of sp³-hybridized carbons (Fsp3) is 0. The van der Waals surface area contributed by atoms with E-state index in [0.29, 0.717) is 17.0 Å². The lowest BCUT2D eigenvalue weighted by Gasteiger charge is -1.91. The van der Waals surface area contributed by atoms with E-state index in [1.807, 2.05) is 0 Å². The third kappa shape index (κ3) is 0.759. The Labute approximate surface area is 61.8 Å². The van der Waals surface area contributed by atoms with Crippen molar-refractivity contribution in [3.63, 3.8) is 0 Å². The van der Waals surface area contributed by atoms with E-state index < -0.39 is 0 Å². The largest absolute Gasteiger partial charge is 0.384 e. The fourth-order valence-corrected chi connectivity index (χ4v) is 0.841. The monoisotopic (exact) mass is 150 g/mol. The minimum Gasteiger partial charge on any atom is -0.384 e. The molecule has 2 aromatic heterocycles. The molecule has 11 heavy (non-hydrogen) atoms. The Kier molecular flexibility index (Phi) is 0.974. The van der Waals surface area contributed by atoms with Crippen molar-refractivity contribution in [2.45, 2.75) is 0 Å². The third-order valence-electron chi connectivity index (χ3n) is 1.34. The van der Waals surface area contributed by atoms with Gasteiger partial charge in [0.25, 0.3) is 0 Å². The van der Waals surface area contributed by atoms with Crippen LogP contribution in [0, 0.1) is 0 Å². The number of nitrogen functional groups attached to an aromatic ring is 2. The highest BCUT2D eigenvalue weighted by Gasteiger charge is 2.01. The second-order valence-electron chi connectivity index (χ2n) is 2.11. The summed E-state index contributed by atoms with van der Waals surface area (Å²) in [5.74, 6) is 5.78. The van der Waals surface area contributed by atoms with E-state index in [2.05, 4.69) is 15.3 Å². The summed E-state index contributed by atoms with van der Waals surface area (Å²) in [7, 11) is 0. The molecule has 0 aliphatic heterocycles. The maximum Gasteiger partial charge on any atom is 0.203 e. The lowest BCUT2D eigenvalue weighted by atomic mass is 10.4. The molecule has 6 nitrogen and oxygen atoms in total. The fourth-order valence-electron chi connectivity index (χ4n) is 0.841. The SMILES string of the molecule is Nc1ccc2nnn(N)c2n1. The maximum absolute atomic E-state index is 5.42. The highest BCUT2D eigenvalue weighted by atomic mass is 15.6. The molecular formula is C5H6N6. The van der Waals surface area contributed by atoms with Gasteiger partial charge in [0, 0.05) is 0 Å². The molecule has 0 aromatic carbocycles. The number of hydrogen-bond acceptors (Lipinski definition) is 5. The van der Waals surface area contributed by atoms with Crippen molar-refractivity contribution in [3.8, 4) is 0 Å². The zero-order valence-electron chi connectivity index (χ0n) is 5.60. The molecule has 0 atom stereocenters. The zero-order valence-corrected chi connectivity index (χ0v) is 5.60. The molecule has 6 heteroatoms. The van der Waals surface area contributed by atoms with Crippen molar-refractivity contribution in [3.05, 3.63) is 12.1 Å². The molecular weight excluding hydrogens is 144 g/mol. The standard InChI is InChI=1S/C5H6N6/c6-4-2-1-3-5(8-4)11(7)10-9-3/h1-2H,7H2,(H2,6,8). The number of fused-ring (bicyclic) bond motifs is 1. The Morgan fingerprint density at radius 2 is 2.18 bits per heavy atom. The Morgan fingerprint density at radius 3 is 3.00 bits per heavy atom. The smallest absolute Gasteiger partial charge is 0.203 e. The van der Waals surface area contributed by atoms with Gasteiger partial charge in [-0.1, -0.05) is 0 Å². The zero-order chi connectivity index (χ0) is 7.84. The molecule has 0 amide bonds. The van der Waals surface area contributed by atoms with Crippen LogP contribution >= 0.6 is 0 Å². The first-order valence-electron chi connectivity index (χ1n) is 3.00. The molecule has 0 saturated carbocycles. The van der Waals surface area contributed by atoms with Crippen LogP contribution in [-0.2, 0) is 0 Å². The average Bonchev–Trinajstić information content (AvgIpc) is 2.33. The number of hydrogen-bond donors (Lipinski definition) is 2. The van der Waals surface area contributed by atoms with Gasteiger partial charge in [0.1, 0.15) is 11.3 Å². The number of nitrogens with two attached hydrogens (primary N) is 2. The van der Waals surface area contributed by atoms with Crippen molar-refractivity contribution < 1.29 is 0 Å². The van der Waals surface area contributed by atoms with Crippen LogP contribution in [0.25, 0.3) is 11.2 Å². The van der Waals surface area contributed by atoms with Gasteiger partial charge >= 0.3 is 0 Å². The van der Waals surface area contributed by atoms with E-state index in [-0.39, 0.29) is 0 Å². The number of nitrogens with zero attached hydrogens (tertiary/aromatic N) is 4. The van der Waals surface area contributed by atoms with E-state index in [9.17, 15) is 0 Å². The first kappa shape index (κ1) is 5.90. The predicted molar refractivity (Wildman–Crippen MR) is 39.9 cm³/mol. The highest BCUT2D eigenvalue weighted by Crippen LogP contribution is 2.07. The second kappa shape index (κ2) is 1.82. The molecule has 2 rings (SSSR count). The van der Waals surface area contributed by atoms with Crippen molar-refractivity contribution in [2.24, 2.45) is 0 Å². The van der Waals surface area contributed by atoms with E-state index in [0.717, 1.165) is 4.79 Å². The Bertz CT molecular complexity index is 391. The van der Waals surface area contributed by atoms with Crippen molar-refractivity contribution >= 4 is 17.0 Å². The van der Waals surface area contributed by atoms with Crippen LogP contribution in [0.15, 0.2) is 12.1 Å². The van der Waals surface area contributed by atoms with Crippen LogP contribution in [0.2, 0.25) is 0 Å². The van der Waals surface area contributed by atoms with Gasteiger partial charge in [-0.05, 0) is 17.3 Å². The molecule has 2 heterocycles. The minimum absolute atomic E-state index is 0.409. The Hall–Kier alpha value is -1.85. The predicted octanol–water partition coefficient (Wildman–Crippen LogP) is -0.878. The molecule has 0 spiro atoms. The lowest BCUT2D eigenvalue weighted by molar-refractivity contribution is 0.780. The summed E-state index contributed by atoms with van der Waals surface area (Å²) in [5.41, 5.74) is 6.55. The van der Waals surface area contributed by atoms with Gasteiger partial charge in [0.05, 0.1) is 0 Å². The van der Waals surface area contributed by atoms with Gasteiger partial charge in [0.2, 0.25) is 5.65 Å². The quantitative estimate of drug-likeness (QED) is 0.475. The van der Waals surface area contributed by atoms with E-state index >= 15 is 0 Å². The molecule has 0 aliphatic rings. The molecule has 0 radical (unpaired) electrons. The van der Waals surface area contributed by atoms with Crippen LogP contribution in [0.1, 0.15) is 0 Å². The molecule has 0 aliphatic carbocycles. The molecule has 0 bridgehead atoms.